The third kappa shape index (κ3) is 5.94. The quantitative estimate of drug-likeness (QED) is 0.353. The summed E-state index contributed by atoms with van der Waals surface area (Å²) in [6.07, 6.45) is 5.06. The van der Waals surface area contributed by atoms with Crippen molar-refractivity contribution in [3.63, 3.8) is 0 Å². The molecule has 1 aliphatic heterocycles. The second kappa shape index (κ2) is 11.4. The summed E-state index contributed by atoms with van der Waals surface area (Å²) >= 11 is 0. The van der Waals surface area contributed by atoms with Gasteiger partial charge >= 0.3 is 6.03 Å². The van der Waals surface area contributed by atoms with Gasteiger partial charge in [-0.25, -0.2) is 4.79 Å². The van der Waals surface area contributed by atoms with Crippen molar-refractivity contribution < 1.29 is 19.4 Å². The molecule has 0 saturated heterocycles. The standard InChI is InChI=1S/C27H30N4O4/c1-28-27(34)29-11-6-7-18-13-19-8-4-5-12-35-25(19)23(14-18)26(33)31-21(17-32)15-20-16-30-24-10-3-2-9-22(20)24/h2-3,9-10,13-14,16,21,30,32H,4-5,8,11-12,15,17H2,1H3,(H,31,33)(H2,28,29,34)/t21-/m1/s1. The summed E-state index contributed by atoms with van der Waals surface area (Å²) in [5, 5.41) is 19.2. The van der Waals surface area contributed by atoms with Gasteiger partial charge in [0, 0.05) is 29.7 Å². The maximum Gasteiger partial charge on any atom is 0.315 e. The number of para-hydroxylation sites is 1. The molecule has 182 valence electrons. The summed E-state index contributed by atoms with van der Waals surface area (Å²) in [4.78, 5) is 27.9. The molecule has 35 heavy (non-hydrogen) atoms. The van der Waals surface area contributed by atoms with Gasteiger partial charge in [-0.15, -0.1) is 0 Å². The lowest BCUT2D eigenvalue weighted by Gasteiger charge is -2.19. The lowest BCUT2D eigenvalue weighted by Crippen LogP contribution is -2.39. The minimum atomic E-state index is -0.463. The van der Waals surface area contributed by atoms with E-state index in [-0.39, 0.29) is 25.1 Å². The number of hydrogen-bond donors (Lipinski definition) is 5. The number of carbonyl (C=O) groups excluding carboxylic acids is 2. The average Bonchev–Trinajstić information content (AvgIpc) is 3.13. The number of hydrogen-bond acceptors (Lipinski definition) is 4. The van der Waals surface area contributed by atoms with E-state index in [1.165, 1.54) is 7.05 Å². The van der Waals surface area contributed by atoms with Gasteiger partial charge in [-0.2, -0.15) is 0 Å². The summed E-state index contributed by atoms with van der Waals surface area (Å²) in [7, 11) is 1.54. The number of aromatic nitrogens is 1. The van der Waals surface area contributed by atoms with E-state index in [2.05, 4.69) is 32.8 Å². The van der Waals surface area contributed by atoms with Gasteiger partial charge in [0.15, 0.2) is 0 Å². The Bertz CT molecular complexity index is 1270. The van der Waals surface area contributed by atoms with E-state index in [1.807, 2.05) is 36.5 Å². The van der Waals surface area contributed by atoms with E-state index in [0.29, 0.717) is 29.9 Å². The molecular formula is C27H30N4O4. The van der Waals surface area contributed by atoms with Crippen LogP contribution in [0.5, 0.6) is 5.75 Å². The van der Waals surface area contributed by atoms with Crippen LogP contribution in [0.1, 0.15) is 39.9 Å². The maximum atomic E-state index is 13.4. The molecular weight excluding hydrogens is 444 g/mol. The monoisotopic (exact) mass is 474 g/mol. The molecule has 0 unspecified atom stereocenters. The number of aryl methyl sites for hydroxylation is 1. The van der Waals surface area contributed by atoms with Gasteiger partial charge in [0.1, 0.15) is 5.75 Å². The molecule has 0 spiro atoms. The van der Waals surface area contributed by atoms with Crippen LogP contribution in [-0.2, 0) is 12.8 Å². The third-order valence-electron chi connectivity index (χ3n) is 5.99. The lowest BCUT2D eigenvalue weighted by atomic mass is 9.99. The molecule has 8 nitrogen and oxygen atoms in total. The van der Waals surface area contributed by atoms with Crippen LogP contribution in [0.25, 0.3) is 10.9 Å². The highest BCUT2D eigenvalue weighted by atomic mass is 16.5. The SMILES string of the molecule is CNC(=O)NCC#Cc1cc2c(c(C(=O)N[C@@H](CO)Cc3c[nH]c4ccccc34)c1)OCCCC2. The van der Waals surface area contributed by atoms with Gasteiger partial charge in [0.25, 0.3) is 5.91 Å². The average molecular weight is 475 g/mol. The minimum absolute atomic E-state index is 0.187. The molecule has 1 atom stereocenters. The molecule has 3 aromatic rings. The number of urea groups is 1. The largest absolute Gasteiger partial charge is 0.492 e. The van der Waals surface area contributed by atoms with E-state index in [4.69, 9.17) is 4.74 Å². The van der Waals surface area contributed by atoms with E-state index >= 15 is 0 Å². The van der Waals surface area contributed by atoms with Crippen LogP contribution < -0.4 is 20.7 Å². The van der Waals surface area contributed by atoms with Gasteiger partial charge in [0.05, 0.1) is 31.4 Å². The molecule has 4 rings (SSSR count). The Morgan fingerprint density at radius 1 is 1.23 bits per heavy atom. The molecule has 5 N–H and O–H groups in total. The fraction of sp³-hybridized carbons (Fsp3) is 0.333. The number of ether oxygens (including phenoxy) is 1. The fourth-order valence-electron chi connectivity index (χ4n) is 4.23. The first-order valence-corrected chi connectivity index (χ1v) is 11.8. The fourth-order valence-corrected chi connectivity index (χ4v) is 4.23. The summed E-state index contributed by atoms with van der Waals surface area (Å²) in [5.41, 5.74) is 4.07. The van der Waals surface area contributed by atoms with Gasteiger partial charge < -0.3 is 30.8 Å². The number of carbonyl (C=O) groups is 2. The van der Waals surface area contributed by atoms with Crippen LogP contribution in [0.2, 0.25) is 0 Å². The normalized spacial score (nSPS) is 13.4. The number of nitrogens with one attached hydrogen (secondary N) is 4. The number of benzene rings is 2. The number of rotatable bonds is 6. The summed E-state index contributed by atoms with van der Waals surface area (Å²) in [6, 6.07) is 10.8. The Kier molecular flexibility index (Phi) is 7.91. The van der Waals surface area contributed by atoms with Crippen LogP contribution in [0, 0.1) is 11.8 Å². The van der Waals surface area contributed by atoms with Crippen molar-refractivity contribution in [1.82, 2.24) is 20.9 Å². The molecule has 0 fully saturated rings. The van der Waals surface area contributed by atoms with Crippen molar-refractivity contribution in [2.45, 2.75) is 31.7 Å². The van der Waals surface area contributed by atoms with E-state index in [9.17, 15) is 14.7 Å². The highest BCUT2D eigenvalue weighted by molar-refractivity contribution is 5.98. The van der Waals surface area contributed by atoms with Crippen LogP contribution in [0.15, 0.2) is 42.6 Å². The predicted molar refractivity (Wildman–Crippen MR) is 135 cm³/mol. The molecule has 1 aromatic heterocycles. The Hall–Kier alpha value is -3.96. The third-order valence-corrected chi connectivity index (χ3v) is 5.99. The van der Waals surface area contributed by atoms with Gasteiger partial charge in [-0.1, -0.05) is 30.0 Å². The van der Waals surface area contributed by atoms with Crippen molar-refractivity contribution in [1.29, 1.82) is 0 Å². The summed E-state index contributed by atoms with van der Waals surface area (Å²) in [6.45, 7) is 0.540. The summed E-state index contributed by atoms with van der Waals surface area (Å²) in [5.74, 6) is 6.22. The number of H-pyrrole nitrogens is 1. The number of aliphatic hydroxyl groups is 1. The van der Waals surface area contributed by atoms with Crippen molar-refractivity contribution in [3.05, 3.63) is 64.8 Å². The molecule has 2 heterocycles. The molecule has 0 bridgehead atoms. The zero-order chi connectivity index (χ0) is 24.6. The first-order chi connectivity index (χ1) is 17.1. The molecule has 3 amide bonds. The van der Waals surface area contributed by atoms with Crippen molar-refractivity contribution >= 4 is 22.8 Å². The van der Waals surface area contributed by atoms with Gasteiger partial charge in [-0.05, 0) is 55.0 Å². The number of amides is 3. The first-order valence-electron chi connectivity index (χ1n) is 11.8. The Morgan fingerprint density at radius 2 is 2.09 bits per heavy atom. The topological polar surface area (TPSA) is 115 Å². The highest BCUT2D eigenvalue weighted by Crippen LogP contribution is 2.30. The van der Waals surface area contributed by atoms with Crippen LogP contribution in [0.3, 0.4) is 0 Å². The highest BCUT2D eigenvalue weighted by Gasteiger charge is 2.22. The Labute approximate surface area is 204 Å². The molecule has 0 aliphatic carbocycles. The van der Waals surface area contributed by atoms with Crippen molar-refractivity contribution in [2.75, 3.05) is 26.8 Å². The van der Waals surface area contributed by atoms with E-state index in [1.54, 1.807) is 6.07 Å². The van der Waals surface area contributed by atoms with E-state index in [0.717, 1.165) is 41.3 Å². The summed E-state index contributed by atoms with van der Waals surface area (Å²) < 4.78 is 5.96. The van der Waals surface area contributed by atoms with Crippen LogP contribution in [-0.4, -0.2) is 54.9 Å². The van der Waals surface area contributed by atoms with Crippen LogP contribution >= 0.6 is 0 Å². The predicted octanol–water partition coefficient (Wildman–Crippen LogP) is 2.50. The maximum absolute atomic E-state index is 13.4. The van der Waals surface area contributed by atoms with Crippen molar-refractivity contribution in [2.24, 2.45) is 0 Å². The zero-order valence-electron chi connectivity index (χ0n) is 19.7. The lowest BCUT2D eigenvalue weighted by molar-refractivity contribution is 0.0912. The first kappa shape index (κ1) is 24.2. The zero-order valence-corrected chi connectivity index (χ0v) is 19.7. The minimum Gasteiger partial charge on any atom is -0.492 e. The smallest absolute Gasteiger partial charge is 0.315 e. The Morgan fingerprint density at radius 3 is 2.91 bits per heavy atom. The number of aliphatic hydroxyl groups excluding tert-OH is 1. The van der Waals surface area contributed by atoms with Crippen LogP contribution in [0.4, 0.5) is 4.79 Å². The number of aromatic amines is 1. The molecule has 1 aliphatic rings. The van der Waals surface area contributed by atoms with E-state index < -0.39 is 6.04 Å². The van der Waals surface area contributed by atoms with Gasteiger partial charge in [-0.3, -0.25) is 4.79 Å². The Balaban J connectivity index is 1.56. The molecule has 0 saturated carbocycles. The van der Waals surface area contributed by atoms with Gasteiger partial charge in [0.2, 0.25) is 0 Å². The second-order valence-corrected chi connectivity index (χ2v) is 8.47. The number of fused-ring (bicyclic) bond motifs is 2. The second-order valence-electron chi connectivity index (χ2n) is 8.47. The molecule has 0 radical (unpaired) electrons. The molecule has 8 heteroatoms. The molecule has 2 aromatic carbocycles. The van der Waals surface area contributed by atoms with Crippen molar-refractivity contribution in [3.8, 4) is 17.6 Å².